The first-order chi connectivity index (χ1) is 21.1. The van der Waals surface area contributed by atoms with Crippen molar-refractivity contribution in [1.82, 2.24) is 20.5 Å². The smallest absolute Gasteiger partial charge is 0.417 e. The van der Waals surface area contributed by atoms with Crippen LogP contribution in [-0.4, -0.2) is 72.1 Å². The van der Waals surface area contributed by atoms with E-state index in [9.17, 15) is 31.1 Å². The van der Waals surface area contributed by atoms with Crippen LogP contribution in [0.5, 0.6) is 5.88 Å². The topological polar surface area (TPSA) is 105 Å². The number of amides is 1. The maximum Gasteiger partial charge on any atom is 0.417 e. The van der Waals surface area contributed by atoms with Gasteiger partial charge in [0.25, 0.3) is 11.8 Å². The predicted octanol–water partition coefficient (Wildman–Crippen LogP) is 5.49. The molecule has 45 heavy (non-hydrogen) atoms. The van der Waals surface area contributed by atoms with Crippen LogP contribution in [0.4, 0.5) is 42.1 Å². The molecule has 4 heterocycles. The highest BCUT2D eigenvalue weighted by atomic mass is 19.4. The number of halogens is 7. The van der Waals surface area contributed by atoms with Crippen LogP contribution < -0.4 is 26.4 Å². The molecule has 3 aliphatic heterocycles. The first-order valence-electron chi connectivity index (χ1n) is 15.0. The molecule has 3 atom stereocenters. The van der Waals surface area contributed by atoms with Gasteiger partial charge in [-0.25, -0.2) is 22.5 Å². The van der Waals surface area contributed by atoms with Crippen molar-refractivity contribution in [3.8, 4) is 17.1 Å². The number of benzene rings is 1. The van der Waals surface area contributed by atoms with Crippen LogP contribution >= 0.6 is 0 Å². The standard InChI is InChI=1S/C30H37F7N6O2/c1-4-17-11-40-26(44)20-25(41-13-28-7-5-9-43(28)14-29(33,34)12-28)23(32)24(42-27(20)45-15(2)6-8-39-17)18-10-19(38)22(31)16(3)21(18)30(35,36)37/h10,15,17,39H,4-9,11-14,38H2,1-3H3,(H,40,44)(H,41,42)/t15-,17?,28+/m0/s1. The Labute approximate surface area is 256 Å². The third kappa shape index (κ3) is 6.38. The van der Waals surface area contributed by atoms with Crippen molar-refractivity contribution in [3.63, 3.8) is 0 Å². The van der Waals surface area contributed by atoms with Gasteiger partial charge in [0, 0.05) is 36.7 Å². The summed E-state index contributed by atoms with van der Waals surface area (Å²) in [6.45, 7) is 4.75. The first-order valence-corrected chi connectivity index (χ1v) is 15.0. The Morgan fingerprint density at radius 3 is 2.67 bits per heavy atom. The molecule has 5 N–H and O–H groups in total. The molecule has 0 saturated carbocycles. The third-order valence-corrected chi connectivity index (χ3v) is 9.04. The molecular formula is C30H37F7N6O2. The molecule has 3 aliphatic rings. The summed E-state index contributed by atoms with van der Waals surface area (Å²) in [4.78, 5) is 19.4. The number of ether oxygens (including phenoxy) is 1. The van der Waals surface area contributed by atoms with Gasteiger partial charge in [-0.2, -0.15) is 13.2 Å². The minimum Gasteiger partial charge on any atom is -0.474 e. The zero-order valence-electron chi connectivity index (χ0n) is 25.2. The highest BCUT2D eigenvalue weighted by Gasteiger charge is 2.56. The number of pyridine rings is 1. The lowest BCUT2D eigenvalue weighted by molar-refractivity contribution is -0.137. The number of anilines is 2. The van der Waals surface area contributed by atoms with Crippen LogP contribution in [0.1, 0.15) is 67.4 Å². The molecule has 2 fully saturated rings. The van der Waals surface area contributed by atoms with Gasteiger partial charge in [-0.05, 0) is 64.3 Å². The molecule has 1 aromatic heterocycles. The number of alkyl halides is 5. The summed E-state index contributed by atoms with van der Waals surface area (Å²) in [7, 11) is 0. The Hall–Kier alpha value is -3.33. The van der Waals surface area contributed by atoms with Crippen molar-refractivity contribution in [2.24, 2.45) is 0 Å². The van der Waals surface area contributed by atoms with Gasteiger partial charge in [0.1, 0.15) is 17.1 Å². The number of hydrogen-bond acceptors (Lipinski definition) is 7. The van der Waals surface area contributed by atoms with E-state index in [1.54, 1.807) is 11.8 Å². The molecular weight excluding hydrogens is 609 g/mol. The van der Waals surface area contributed by atoms with Crippen molar-refractivity contribution in [2.45, 2.75) is 82.7 Å². The van der Waals surface area contributed by atoms with Gasteiger partial charge in [0.05, 0.1) is 29.6 Å². The molecule has 5 rings (SSSR count). The lowest BCUT2D eigenvalue weighted by Crippen LogP contribution is -2.44. The number of hydrogen-bond donors (Lipinski definition) is 4. The van der Waals surface area contributed by atoms with Crippen molar-refractivity contribution in [3.05, 3.63) is 34.4 Å². The fourth-order valence-corrected chi connectivity index (χ4v) is 6.73. The Kier molecular flexibility index (Phi) is 8.90. The zero-order valence-corrected chi connectivity index (χ0v) is 25.2. The fourth-order valence-electron chi connectivity index (χ4n) is 6.73. The van der Waals surface area contributed by atoms with Gasteiger partial charge < -0.3 is 26.4 Å². The lowest BCUT2D eigenvalue weighted by atomic mass is 9.92. The van der Waals surface area contributed by atoms with E-state index in [-0.39, 0.29) is 19.1 Å². The third-order valence-electron chi connectivity index (χ3n) is 9.04. The second-order valence-corrected chi connectivity index (χ2v) is 12.3. The molecule has 0 aliphatic carbocycles. The molecule has 1 aromatic carbocycles. The van der Waals surface area contributed by atoms with E-state index in [2.05, 4.69) is 20.9 Å². The SMILES string of the molecule is CCC1CNC(=O)c2c(nc(-c3cc(N)c(F)c(C)c3C(F)(F)F)c(F)c2NC[C@]23CCCN2CC(F)(F)C3)O[C@@H](C)CCN1. The summed E-state index contributed by atoms with van der Waals surface area (Å²) in [6.07, 6.45) is -4.23. The quantitative estimate of drug-likeness (QED) is 0.252. The minimum atomic E-state index is -5.14. The average Bonchev–Trinajstić information content (AvgIpc) is 3.42. The van der Waals surface area contributed by atoms with E-state index in [0.29, 0.717) is 44.8 Å². The number of fused-ring (bicyclic) bond motifs is 2. The number of nitrogens with two attached hydrogens (primary N) is 1. The highest BCUT2D eigenvalue weighted by Crippen LogP contribution is 2.48. The molecule has 0 radical (unpaired) electrons. The number of rotatable bonds is 5. The Morgan fingerprint density at radius 1 is 1.24 bits per heavy atom. The Morgan fingerprint density at radius 2 is 1.98 bits per heavy atom. The van der Waals surface area contributed by atoms with E-state index in [4.69, 9.17) is 10.5 Å². The maximum atomic E-state index is 16.7. The van der Waals surface area contributed by atoms with E-state index in [0.717, 1.165) is 6.92 Å². The average molecular weight is 647 g/mol. The molecule has 2 aromatic rings. The highest BCUT2D eigenvalue weighted by molar-refractivity contribution is 6.03. The number of aromatic nitrogens is 1. The maximum absolute atomic E-state index is 16.7. The fraction of sp³-hybridized carbons (Fsp3) is 0.600. The number of nitrogens with one attached hydrogen (secondary N) is 3. The molecule has 248 valence electrons. The molecule has 2 saturated heterocycles. The van der Waals surface area contributed by atoms with Crippen LogP contribution in [0.15, 0.2) is 6.07 Å². The van der Waals surface area contributed by atoms with E-state index in [1.807, 2.05) is 6.92 Å². The monoisotopic (exact) mass is 646 g/mol. The van der Waals surface area contributed by atoms with Gasteiger partial charge in [0.2, 0.25) is 5.88 Å². The van der Waals surface area contributed by atoms with Crippen LogP contribution in [0, 0.1) is 18.6 Å². The second-order valence-electron chi connectivity index (χ2n) is 12.3. The summed E-state index contributed by atoms with van der Waals surface area (Å²) in [5.41, 5.74) is -1.08. The summed E-state index contributed by atoms with van der Waals surface area (Å²) in [6, 6.07) is 0.508. The number of carbonyl (C=O) groups is 1. The molecule has 0 spiro atoms. The minimum absolute atomic E-state index is 0.137. The van der Waals surface area contributed by atoms with E-state index < -0.39 is 99.5 Å². The second kappa shape index (κ2) is 12.1. The van der Waals surface area contributed by atoms with Crippen LogP contribution in [0.25, 0.3) is 11.3 Å². The van der Waals surface area contributed by atoms with Gasteiger partial charge in [-0.1, -0.05) is 6.92 Å². The van der Waals surface area contributed by atoms with E-state index >= 15 is 4.39 Å². The molecule has 1 unspecified atom stereocenters. The van der Waals surface area contributed by atoms with Gasteiger partial charge in [0.15, 0.2) is 5.82 Å². The molecule has 8 nitrogen and oxygen atoms in total. The molecule has 0 bridgehead atoms. The number of carbonyl (C=O) groups excluding carboxylic acids is 1. The largest absolute Gasteiger partial charge is 0.474 e. The van der Waals surface area contributed by atoms with Crippen molar-refractivity contribution >= 4 is 17.3 Å². The van der Waals surface area contributed by atoms with Crippen molar-refractivity contribution < 1.29 is 40.3 Å². The Bertz CT molecular complexity index is 1470. The van der Waals surface area contributed by atoms with Gasteiger partial charge in [-0.15, -0.1) is 0 Å². The lowest BCUT2D eigenvalue weighted by Gasteiger charge is -2.32. The van der Waals surface area contributed by atoms with Crippen molar-refractivity contribution in [2.75, 3.05) is 43.8 Å². The number of nitrogen functional groups attached to an aromatic ring is 1. The van der Waals surface area contributed by atoms with E-state index in [1.165, 1.54) is 0 Å². The van der Waals surface area contributed by atoms with Gasteiger partial charge >= 0.3 is 6.18 Å². The van der Waals surface area contributed by atoms with Crippen LogP contribution in [-0.2, 0) is 6.18 Å². The summed E-state index contributed by atoms with van der Waals surface area (Å²) < 4.78 is 109. The van der Waals surface area contributed by atoms with Crippen LogP contribution in [0.2, 0.25) is 0 Å². The van der Waals surface area contributed by atoms with Crippen molar-refractivity contribution in [1.29, 1.82) is 0 Å². The molecule has 15 heteroatoms. The summed E-state index contributed by atoms with van der Waals surface area (Å²) in [5.74, 6) is -6.94. The van der Waals surface area contributed by atoms with Gasteiger partial charge in [-0.3, -0.25) is 9.69 Å². The Balaban J connectivity index is 1.72. The summed E-state index contributed by atoms with van der Waals surface area (Å²) in [5, 5.41) is 8.84. The zero-order chi connectivity index (χ0) is 32.9. The normalized spacial score (nSPS) is 25.6. The predicted molar refractivity (Wildman–Crippen MR) is 154 cm³/mol. The summed E-state index contributed by atoms with van der Waals surface area (Å²) >= 11 is 0. The van der Waals surface area contributed by atoms with Crippen LogP contribution in [0.3, 0.4) is 0 Å². The molecule has 1 amide bonds. The number of nitrogens with zero attached hydrogens (tertiary/aromatic N) is 2. The first kappa shape index (κ1) is 33.0.